The SMILES string of the molecule is CC(C)(C)NC(=O)[C@H]1c2ccccc2OCC(=O)N1Cc1ccccc1. The summed E-state index contributed by atoms with van der Waals surface area (Å²) in [5.74, 6) is 0.157. The highest BCUT2D eigenvalue weighted by molar-refractivity contribution is 5.91. The molecule has 2 aromatic carbocycles. The lowest BCUT2D eigenvalue weighted by molar-refractivity contribution is -0.142. The lowest BCUT2D eigenvalue weighted by Crippen LogP contribution is -2.49. The van der Waals surface area contributed by atoms with Crippen LogP contribution in [0.5, 0.6) is 5.75 Å². The average Bonchev–Trinajstić information content (AvgIpc) is 2.72. The van der Waals surface area contributed by atoms with Gasteiger partial charge in [-0.15, -0.1) is 0 Å². The van der Waals surface area contributed by atoms with Gasteiger partial charge in [0.15, 0.2) is 6.61 Å². The number of hydrogen-bond donors (Lipinski definition) is 1. The lowest BCUT2D eigenvalue weighted by atomic mass is 10.0. The molecule has 0 aliphatic carbocycles. The molecule has 2 aromatic rings. The van der Waals surface area contributed by atoms with Gasteiger partial charge < -0.3 is 15.0 Å². The van der Waals surface area contributed by atoms with Gasteiger partial charge in [0.05, 0.1) is 0 Å². The number of nitrogens with one attached hydrogen (secondary N) is 1. The van der Waals surface area contributed by atoms with Crippen LogP contribution in [-0.4, -0.2) is 28.9 Å². The fourth-order valence-electron chi connectivity index (χ4n) is 3.05. The van der Waals surface area contributed by atoms with Crippen LogP contribution < -0.4 is 10.1 Å². The number of benzene rings is 2. The van der Waals surface area contributed by atoms with Crippen molar-refractivity contribution in [2.24, 2.45) is 0 Å². The largest absolute Gasteiger partial charge is 0.483 e. The Morgan fingerprint density at radius 2 is 1.77 bits per heavy atom. The number of nitrogens with zero attached hydrogens (tertiary/aromatic N) is 1. The molecule has 26 heavy (non-hydrogen) atoms. The van der Waals surface area contributed by atoms with Gasteiger partial charge in [-0.3, -0.25) is 9.59 Å². The summed E-state index contributed by atoms with van der Waals surface area (Å²) in [6.45, 7) is 6.04. The van der Waals surface area contributed by atoms with Gasteiger partial charge >= 0.3 is 0 Å². The van der Waals surface area contributed by atoms with Crippen LogP contribution >= 0.6 is 0 Å². The molecule has 1 aliphatic rings. The maximum absolute atomic E-state index is 13.1. The fraction of sp³-hybridized carbons (Fsp3) is 0.333. The summed E-state index contributed by atoms with van der Waals surface area (Å²) in [6, 6.07) is 16.3. The van der Waals surface area contributed by atoms with Gasteiger partial charge in [0.2, 0.25) is 5.91 Å². The van der Waals surface area contributed by atoms with Crippen molar-refractivity contribution in [3.63, 3.8) is 0 Å². The highest BCUT2D eigenvalue weighted by Crippen LogP contribution is 2.34. The zero-order valence-corrected chi connectivity index (χ0v) is 15.4. The first-order valence-electron chi connectivity index (χ1n) is 8.72. The monoisotopic (exact) mass is 352 g/mol. The summed E-state index contributed by atoms with van der Waals surface area (Å²) in [6.07, 6.45) is 0. The maximum Gasteiger partial charge on any atom is 0.261 e. The summed E-state index contributed by atoms with van der Waals surface area (Å²) in [4.78, 5) is 27.5. The van der Waals surface area contributed by atoms with Crippen molar-refractivity contribution in [2.75, 3.05) is 6.61 Å². The van der Waals surface area contributed by atoms with E-state index in [1.807, 2.05) is 69.3 Å². The molecule has 1 heterocycles. The van der Waals surface area contributed by atoms with Crippen LogP contribution in [0.1, 0.15) is 37.9 Å². The van der Waals surface area contributed by atoms with E-state index < -0.39 is 11.6 Å². The van der Waals surface area contributed by atoms with E-state index in [1.165, 1.54) is 0 Å². The number of para-hydroxylation sites is 1. The molecule has 0 saturated heterocycles. The second-order valence-corrected chi connectivity index (χ2v) is 7.48. The first kappa shape index (κ1) is 18.0. The van der Waals surface area contributed by atoms with Crippen LogP contribution in [0.2, 0.25) is 0 Å². The smallest absolute Gasteiger partial charge is 0.261 e. The number of fused-ring (bicyclic) bond motifs is 1. The van der Waals surface area contributed by atoms with Crippen molar-refractivity contribution in [2.45, 2.75) is 38.9 Å². The van der Waals surface area contributed by atoms with Crippen LogP contribution in [0.25, 0.3) is 0 Å². The molecule has 0 unspecified atom stereocenters. The summed E-state index contributed by atoms with van der Waals surface area (Å²) in [7, 11) is 0. The van der Waals surface area contributed by atoms with Crippen molar-refractivity contribution >= 4 is 11.8 Å². The van der Waals surface area contributed by atoms with E-state index in [4.69, 9.17) is 4.74 Å². The molecule has 5 nitrogen and oxygen atoms in total. The zero-order chi connectivity index (χ0) is 18.7. The van der Waals surface area contributed by atoms with E-state index in [2.05, 4.69) is 5.32 Å². The predicted molar refractivity (Wildman–Crippen MR) is 99.6 cm³/mol. The summed E-state index contributed by atoms with van der Waals surface area (Å²) < 4.78 is 5.67. The first-order valence-corrected chi connectivity index (χ1v) is 8.72. The van der Waals surface area contributed by atoms with E-state index in [-0.39, 0.29) is 18.4 Å². The summed E-state index contributed by atoms with van der Waals surface area (Å²) >= 11 is 0. The quantitative estimate of drug-likeness (QED) is 0.924. The van der Waals surface area contributed by atoms with Gasteiger partial charge in [0.1, 0.15) is 11.8 Å². The molecule has 1 N–H and O–H groups in total. The van der Waals surface area contributed by atoms with Crippen LogP contribution in [0.15, 0.2) is 54.6 Å². The Kier molecular flexibility index (Phi) is 4.98. The minimum absolute atomic E-state index is 0.0802. The predicted octanol–water partition coefficient (Wildman–Crippen LogP) is 3.06. The summed E-state index contributed by atoms with van der Waals surface area (Å²) in [5, 5.41) is 3.01. The van der Waals surface area contributed by atoms with Gasteiger partial charge in [0, 0.05) is 17.6 Å². The first-order chi connectivity index (χ1) is 12.3. The van der Waals surface area contributed by atoms with Crippen LogP contribution in [0.4, 0.5) is 0 Å². The molecule has 0 aromatic heterocycles. The molecule has 1 aliphatic heterocycles. The van der Waals surface area contributed by atoms with Gasteiger partial charge in [0.25, 0.3) is 5.91 Å². The highest BCUT2D eigenvalue weighted by atomic mass is 16.5. The van der Waals surface area contributed by atoms with E-state index in [0.29, 0.717) is 17.9 Å². The van der Waals surface area contributed by atoms with E-state index in [9.17, 15) is 9.59 Å². The molecule has 136 valence electrons. The molecule has 3 rings (SSSR count). The molecule has 0 saturated carbocycles. The molecule has 2 amide bonds. The van der Waals surface area contributed by atoms with Gasteiger partial charge in [-0.1, -0.05) is 48.5 Å². The highest BCUT2D eigenvalue weighted by Gasteiger charge is 2.37. The molecular formula is C21H24N2O3. The Labute approximate surface area is 154 Å². The molecule has 0 radical (unpaired) electrons. The molecule has 0 fully saturated rings. The van der Waals surface area contributed by atoms with Gasteiger partial charge in [-0.05, 0) is 32.4 Å². The second-order valence-electron chi connectivity index (χ2n) is 7.48. The zero-order valence-electron chi connectivity index (χ0n) is 15.4. The van der Waals surface area contributed by atoms with Crippen molar-refractivity contribution in [1.29, 1.82) is 0 Å². The number of carbonyl (C=O) groups excluding carboxylic acids is 2. The minimum atomic E-state index is -0.736. The standard InChI is InChI=1S/C21H24N2O3/c1-21(2,3)22-20(25)19-16-11-7-8-12-17(16)26-14-18(24)23(19)13-15-9-5-4-6-10-15/h4-12,19H,13-14H2,1-3H3,(H,22,25)/t19-/m1/s1. The Morgan fingerprint density at radius 1 is 1.12 bits per heavy atom. The topological polar surface area (TPSA) is 58.6 Å². The lowest BCUT2D eigenvalue weighted by Gasteiger charge is -2.32. The molecular weight excluding hydrogens is 328 g/mol. The molecule has 0 spiro atoms. The van der Waals surface area contributed by atoms with E-state index in [1.54, 1.807) is 11.0 Å². The Hall–Kier alpha value is -2.82. The van der Waals surface area contributed by atoms with Crippen LogP contribution in [0, 0.1) is 0 Å². The number of carbonyl (C=O) groups is 2. The van der Waals surface area contributed by atoms with Crippen molar-refractivity contribution in [1.82, 2.24) is 10.2 Å². The molecule has 5 heteroatoms. The van der Waals surface area contributed by atoms with Crippen molar-refractivity contribution in [3.8, 4) is 5.75 Å². The minimum Gasteiger partial charge on any atom is -0.483 e. The molecule has 1 atom stereocenters. The van der Waals surface area contributed by atoms with E-state index in [0.717, 1.165) is 5.56 Å². The average molecular weight is 352 g/mol. The number of hydrogen-bond acceptors (Lipinski definition) is 3. The van der Waals surface area contributed by atoms with Crippen molar-refractivity contribution in [3.05, 3.63) is 65.7 Å². The summed E-state index contributed by atoms with van der Waals surface area (Å²) in [5.41, 5.74) is 1.27. The Balaban J connectivity index is 2.03. The van der Waals surface area contributed by atoms with Crippen LogP contribution in [-0.2, 0) is 16.1 Å². The van der Waals surface area contributed by atoms with E-state index >= 15 is 0 Å². The number of rotatable bonds is 3. The second kappa shape index (κ2) is 7.20. The third kappa shape index (κ3) is 4.04. The third-order valence-corrected chi connectivity index (χ3v) is 4.14. The Morgan fingerprint density at radius 3 is 2.46 bits per heavy atom. The molecule has 0 bridgehead atoms. The fourth-order valence-corrected chi connectivity index (χ4v) is 3.05. The number of amides is 2. The van der Waals surface area contributed by atoms with Gasteiger partial charge in [-0.2, -0.15) is 0 Å². The van der Waals surface area contributed by atoms with Crippen LogP contribution in [0.3, 0.4) is 0 Å². The maximum atomic E-state index is 13.1. The third-order valence-electron chi connectivity index (χ3n) is 4.14. The number of ether oxygens (including phenoxy) is 1. The Bertz CT molecular complexity index is 796. The normalized spacial score (nSPS) is 17.1. The van der Waals surface area contributed by atoms with Crippen molar-refractivity contribution < 1.29 is 14.3 Å². The van der Waals surface area contributed by atoms with Gasteiger partial charge in [-0.25, -0.2) is 0 Å².